The Bertz CT molecular complexity index is 820. The molecule has 0 saturated carbocycles. The summed E-state index contributed by atoms with van der Waals surface area (Å²) in [5.74, 6) is -0.570. The second-order valence-electron chi connectivity index (χ2n) is 6.93. The minimum atomic E-state index is -0.378. The molecule has 0 aliphatic carbocycles. The van der Waals surface area contributed by atoms with E-state index in [9.17, 15) is 9.59 Å². The van der Waals surface area contributed by atoms with Crippen LogP contribution in [0.2, 0.25) is 0 Å². The van der Waals surface area contributed by atoms with Crippen molar-refractivity contribution in [2.75, 3.05) is 32.1 Å². The number of carbonyl (C=O) groups is 2. The highest BCUT2D eigenvalue weighted by Crippen LogP contribution is 2.13. The second-order valence-corrected chi connectivity index (χ2v) is 6.93. The van der Waals surface area contributed by atoms with Crippen LogP contribution in [0.1, 0.15) is 34.3 Å². The van der Waals surface area contributed by atoms with Gasteiger partial charge in [-0.15, -0.1) is 0 Å². The largest absolute Gasteiger partial charge is 0.465 e. The van der Waals surface area contributed by atoms with E-state index in [1.54, 1.807) is 30.3 Å². The van der Waals surface area contributed by atoms with Gasteiger partial charge in [-0.25, -0.2) is 4.79 Å². The monoisotopic (exact) mass is 378 g/mol. The highest BCUT2D eigenvalue weighted by atomic mass is 16.5. The highest BCUT2D eigenvalue weighted by Gasteiger charge is 2.10. The molecule has 2 aromatic rings. The quantitative estimate of drug-likeness (QED) is 0.589. The molecule has 1 fully saturated rings. The predicted molar refractivity (Wildman–Crippen MR) is 111 cm³/mol. The Morgan fingerprint density at radius 1 is 1.04 bits per heavy atom. The number of methoxy groups -OCH3 is 1. The molecule has 0 aromatic heterocycles. The first-order valence-electron chi connectivity index (χ1n) is 9.63. The summed E-state index contributed by atoms with van der Waals surface area (Å²) in [5, 5.41) is 2.87. The average Bonchev–Trinajstić information content (AvgIpc) is 3.25. The molecular formula is C23H26N2O3. The number of anilines is 1. The lowest BCUT2D eigenvalue weighted by atomic mass is 10.1. The summed E-state index contributed by atoms with van der Waals surface area (Å²) in [6, 6.07) is 14.9. The highest BCUT2D eigenvalue weighted by molar-refractivity contribution is 6.02. The third-order valence-corrected chi connectivity index (χ3v) is 4.90. The van der Waals surface area contributed by atoms with Gasteiger partial charge >= 0.3 is 5.97 Å². The molecule has 1 aliphatic rings. The van der Waals surface area contributed by atoms with Crippen molar-refractivity contribution in [1.82, 2.24) is 4.90 Å². The van der Waals surface area contributed by atoms with Crippen LogP contribution in [0.5, 0.6) is 0 Å². The van der Waals surface area contributed by atoms with Crippen LogP contribution in [0, 0.1) is 0 Å². The van der Waals surface area contributed by atoms with Crippen LogP contribution in [-0.4, -0.2) is 43.5 Å². The number of carbonyl (C=O) groups excluding carboxylic acids is 2. The van der Waals surface area contributed by atoms with Crippen molar-refractivity contribution in [2.24, 2.45) is 0 Å². The molecule has 5 nitrogen and oxygen atoms in total. The summed E-state index contributed by atoms with van der Waals surface area (Å²) < 4.78 is 4.67. The van der Waals surface area contributed by atoms with Crippen molar-refractivity contribution in [3.8, 4) is 0 Å². The predicted octanol–water partition coefficient (Wildman–Crippen LogP) is 3.76. The molecule has 1 heterocycles. The molecule has 2 aromatic carbocycles. The number of benzene rings is 2. The fraction of sp³-hybridized carbons (Fsp3) is 0.304. The van der Waals surface area contributed by atoms with Crippen molar-refractivity contribution < 1.29 is 14.3 Å². The van der Waals surface area contributed by atoms with E-state index in [0.717, 1.165) is 24.2 Å². The topological polar surface area (TPSA) is 58.6 Å². The molecule has 3 rings (SSSR count). The molecule has 0 radical (unpaired) electrons. The van der Waals surface area contributed by atoms with Gasteiger partial charge in [-0.1, -0.05) is 24.3 Å². The zero-order valence-electron chi connectivity index (χ0n) is 16.2. The maximum Gasteiger partial charge on any atom is 0.337 e. The number of esters is 1. The molecule has 0 unspecified atom stereocenters. The Morgan fingerprint density at radius 3 is 2.36 bits per heavy atom. The van der Waals surface area contributed by atoms with Crippen LogP contribution in [0.15, 0.2) is 54.6 Å². The Morgan fingerprint density at radius 2 is 1.71 bits per heavy atom. The summed E-state index contributed by atoms with van der Waals surface area (Å²) >= 11 is 0. The van der Waals surface area contributed by atoms with Crippen LogP contribution in [0.25, 0.3) is 6.08 Å². The summed E-state index contributed by atoms with van der Waals surface area (Å²) in [6.07, 6.45) is 6.85. The fourth-order valence-corrected chi connectivity index (χ4v) is 3.25. The maximum absolute atomic E-state index is 12.1. The van der Waals surface area contributed by atoms with Gasteiger partial charge in [0.1, 0.15) is 0 Å². The molecule has 28 heavy (non-hydrogen) atoms. The number of nitrogens with one attached hydrogen (secondary N) is 1. The molecule has 1 N–H and O–H groups in total. The van der Waals surface area contributed by atoms with Crippen molar-refractivity contribution in [1.29, 1.82) is 0 Å². The molecule has 1 amide bonds. The van der Waals surface area contributed by atoms with Gasteiger partial charge < -0.3 is 15.0 Å². The van der Waals surface area contributed by atoms with Gasteiger partial charge in [0.05, 0.1) is 12.7 Å². The van der Waals surface area contributed by atoms with Crippen molar-refractivity contribution >= 4 is 23.6 Å². The number of ether oxygens (including phenoxy) is 1. The lowest BCUT2D eigenvalue weighted by molar-refractivity contribution is -0.111. The molecule has 146 valence electrons. The van der Waals surface area contributed by atoms with Crippen LogP contribution in [0.3, 0.4) is 0 Å². The van der Waals surface area contributed by atoms with Crippen LogP contribution in [0.4, 0.5) is 5.69 Å². The first kappa shape index (κ1) is 19.8. The number of nitrogens with zero attached hydrogens (tertiary/aromatic N) is 1. The van der Waals surface area contributed by atoms with Crippen LogP contribution >= 0.6 is 0 Å². The number of amides is 1. The lowest BCUT2D eigenvalue weighted by Crippen LogP contribution is -2.21. The summed E-state index contributed by atoms with van der Waals surface area (Å²) in [6.45, 7) is 3.53. The third-order valence-electron chi connectivity index (χ3n) is 4.90. The molecule has 1 aliphatic heterocycles. The van der Waals surface area contributed by atoms with Gasteiger partial charge in [0.15, 0.2) is 0 Å². The summed E-state index contributed by atoms with van der Waals surface area (Å²) in [7, 11) is 1.35. The third kappa shape index (κ3) is 5.79. The summed E-state index contributed by atoms with van der Waals surface area (Å²) in [5.41, 5.74) is 3.38. The van der Waals surface area contributed by atoms with Gasteiger partial charge in [-0.05, 0) is 73.8 Å². The van der Waals surface area contributed by atoms with Crippen LogP contribution < -0.4 is 5.32 Å². The smallest absolute Gasteiger partial charge is 0.337 e. The van der Waals surface area contributed by atoms with E-state index in [0.29, 0.717) is 5.56 Å². The van der Waals surface area contributed by atoms with E-state index in [-0.39, 0.29) is 11.9 Å². The molecule has 0 atom stereocenters. The molecule has 5 heteroatoms. The zero-order chi connectivity index (χ0) is 19.8. The normalized spacial score (nSPS) is 14.3. The first-order valence-corrected chi connectivity index (χ1v) is 9.63. The van der Waals surface area contributed by atoms with E-state index < -0.39 is 0 Å². The van der Waals surface area contributed by atoms with Gasteiger partial charge in [0.25, 0.3) is 0 Å². The van der Waals surface area contributed by atoms with E-state index in [2.05, 4.69) is 27.1 Å². The molecular weight excluding hydrogens is 352 g/mol. The molecule has 0 bridgehead atoms. The van der Waals surface area contributed by atoms with Gasteiger partial charge in [-0.2, -0.15) is 0 Å². The second kappa shape index (κ2) is 9.85. The Labute approximate surface area is 166 Å². The average molecular weight is 378 g/mol. The number of hydrogen-bond acceptors (Lipinski definition) is 4. The Balaban J connectivity index is 1.48. The first-order chi connectivity index (χ1) is 13.6. The SMILES string of the molecule is COC(=O)c1ccc(/C=C/C(=O)Nc2ccc(CCN3CCCC3)cc2)cc1. The van der Waals surface area contributed by atoms with Crippen molar-refractivity contribution in [3.63, 3.8) is 0 Å². The molecule has 1 saturated heterocycles. The number of rotatable bonds is 7. The van der Waals surface area contributed by atoms with Gasteiger partial charge in [0.2, 0.25) is 5.91 Å². The minimum Gasteiger partial charge on any atom is -0.465 e. The van der Waals surface area contributed by atoms with E-state index in [1.807, 2.05) is 12.1 Å². The standard InChI is InChI=1S/C23H26N2O3/c1-28-23(27)20-9-4-18(5-10-20)8-13-22(26)24-21-11-6-19(7-12-21)14-17-25-15-2-3-16-25/h4-13H,2-3,14-17H2,1H3,(H,24,26)/b13-8+. The van der Waals surface area contributed by atoms with Gasteiger partial charge in [0, 0.05) is 18.3 Å². The number of hydrogen-bond donors (Lipinski definition) is 1. The van der Waals surface area contributed by atoms with Crippen molar-refractivity contribution in [3.05, 3.63) is 71.3 Å². The Kier molecular flexibility index (Phi) is 6.98. The van der Waals surface area contributed by atoms with E-state index >= 15 is 0 Å². The maximum atomic E-state index is 12.1. The fourth-order valence-electron chi connectivity index (χ4n) is 3.25. The minimum absolute atomic E-state index is 0.193. The van der Waals surface area contributed by atoms with Crippen LogP contribution in [-0.2, 0) is 16.0 Å². The zero-order valence-corrected chi connectivity index (χ0v) is 16.2. The number of likely N-dealkylation sites (tertiary alicyclic amines) is 1. The van der Waals surface area contributed by atoms with E-state index in [1.165, 1.54) is 44.7 Å². The van der Waals surface area contributed by atoms with E-state index in [4.69, 9.17) is 0 Å². The Hall–Kier alpha value is -2.92. The van der Waals surface area contributed by atoms with Crippen molar-refractivity contribution in [2.45, 2.75) is 19.3 Å². The lowest BCUT2D eigenvalue weighted by Gasteiger charge is -2.14. The summed E-state index contributed by atoms with van der Waals surface area (Å²) in [4.78, 5) is 26.0. The molecule has 0 spiro atoms. The van der Waals surface area contributed by atoms with Gasteiger partial charge in [-0.3, -0.25) is 4.79 Å².